The maximum absolute atomic E-state index is 14.3. The molecule has 1 N–H and O–H groups in total. The average molecular weight is 536 g/mol. The molecule has 0 radical (unpaired) electrons. The first kappa shape index (κ1) is 27.6. The van der Waals surface area contributed by atoms with Crippen LogP contribution in [0.5, 0.6) is 0 Å². The second-order valence-corrected chi connectivity index (χ2v) is 11.6. The van der Waals surface area contributed by atoms with Crippen molar-refractivity contribution < 1.29 is 24.2 Å². The van der Waals surface area contributed by atoms with Crippen LogP contribution in [0.25, 0.3) is 0 Å². The maximum Gasteiger partial charge on any atom is 0.249 e. The average Bonchev–Trinajstić information content (AvgIpc) is 3.18. The molecule has 0 aromatic heterocycles. The Bertz CT molecular complexity index is 1150. The van der Waals surface area contributed by atoms with Gasteiger partial charge in [0.1, 0.15) is 11.6 Å². The van der Waals surface area contributed by atoms with E-state index in [0.29, 0.717) is 39.0 Å². The van der Waals surface area contributed by atoms with Crippen LogP contribution in [0.3, 0.4) is 0 Å². The SMILES string of the molecule is CCCC(C)N1CC=C[C@]23O[C@]4(C)C=CCN(Cc5ccccc5)C(=O)[C@@H]4[C@H]2C(=O)N(CCCCO)C3C1=O. The number of amides is 3. The van der Waals surface area contributed by atoms with Gasteiger partial charge in [-0.3, -0.25) is 14.4 Å². The van der Waals surface area contributed by atoms with E-state index in [1.807, 2.05) is 73.4 Å². The second kappa shape index (κ2) is 10.9. The van der Waals surface area contributed by atoms with Gasteiger partial charge in [-0.05, 0) is 38.7 Å². The van der Waals surface area contributed by atoms with E-state index >= 15 is 0 Å². The molecule has 8 nitrogen and oxygen atoms in total. The number of nitrogens with zero attached hydrogens (tertiary/aromatic N) is 3. The van der Waals surface area contributed by atoms with Gasteiger partial charge in [-0.2, -0.15) is 0 Å². The highest BCUT2D eigenvalue weighted by atomic mass is 16.5. The smallest absolute Gasteiger partial charge is 0.249 e. The van der Waals surface area contributed by atoms with E-state index in [2.05, 4.69) is 6.92 Å². The lowest BCUT2D eigenvalue weighted by Gasteiger charge is -2.38. The van der Waals surface area contributed by atoms with Gasteiger partial charge in [0.2, 0.25) is 17.7 Å². The van der Waals surface area contributed by atoms with Crippen LogP contribution in [0.2, 0.25) is 0 Å². The molecule has 0 bridgehead atoms. The molecule has 5 rings (SSSR count). The number of fused-ring (bicyclic) bond motifs is 2. The van der Waals surface area contributed by atoms with Crippen LogP contribution in [0.15, 0.2) is 54.6 Å². The number of benzene rings is 1. The number of aliphatic hydroxyl groups excluding tert-OH is 1. The van der Waals surface area contributed by atoms with Crippen LogP contribution >= 0.6 is 0 Å². The summed E-state index contributed by atoms with van der Waals surface area (Å²) >= 11 is 0. The van der Waals surface area contributed by atoms with E-state index in [1.54, 1.807) is 9.80 Å². The van der Waals surface area contributed by atoms with Crippen molar-refractivity contribution in [1.82, 2.24) is 14.7 Å². The first-order valence-corrected chi connectivity index (χ1v) is 14.4. The minimum absolute atomic E-state index is 0.0149. The summed E-state index contributed by atoms with van der Waals surface area (Å²) in [6, 6.07) is 9.00. The largest absolute Gasteiger partial charge is 0.396 e. The van der Waals surface area contributed by atoms with Crippen molar-refractivity contribution in [2.45, 2.75) is 76.3 Å². The number of likely N-dealkylation sites (tertiary alicyclic amines) is 1. The van der Waals surface area contributed by atoms with Crippen LogP contribution < -0.4 is 0 Å². The van der Waals surface area contributed by atoms with Crippen LogP contribution in [-0.4, -0.2) is 87.1 Å². The van der Waals surface area contributed by atoms with E-state index in [0.717, 1.165) is 18.4 Å². The molecular formula is C31H41N3O5. The predicted octanol–water partition coefficient (Wildman–Crippen LogP) is 2.92. The zero-order chi connectivity index (χ0) is 27.8. The molecule has 1 aromatic rings. The summed E-state index contributed by atoms with van der Waals surface area (Å²) in [6.07, 6.45) is 10.6. The number of ether oxygens (including phenoxy) is 1. The molecule has 210 valence electrons. The Morgan fingerprint density at radius 3 is 2.46 bits per heavy atom. The Labute approximate surface area is 231 Å². The first-order chi connectivity index (χ1) is 18.8. The number of unbranched alkanes of at least 4 members (excludes halogenated alkanes) is 1. The van der Waals surface area contributed by atoms with E-state index in [9.17, 15) is 19.5 Å². The summed E-state index contributed by atoms with van der Waals surface area (Å²) in [4.78, 5) is 48.2. The molecule has 0 saturated carbocycles. The number of carbonyl (C=O) groups excluding carboxylic acids is 3. The van der Waals surface area contributed by atoms with Crippen molar-refractivity contribution in [2.24, 2.45) is 11.8 Å². The van der Waals surface area contributed by atoms with Crippen LogP contribution in [0, 0.1) is 11.8 Å². The molecule has 8 heteroatoms. The summed E-state index contributed by atoms with van der Waals surface area (Å²) in [5.41, 5.74) is -1.24. The zero-order valence-electron chi connectivity index (χ0n) is 23.3. The van der Waals surface area contributed by atoms with Crippen LogP contribution in [0.1, 0.15) is 52.0 Å². The van der Waals surface area contributed by atoms with Crippen LogP contribution in [-0.2, 0) is 25.7 Å². The molecule has 2 fully saturated rings. The standard InChI is InChI=1S/C31H41N3O5/c1-4-12-22(2)33-19-11-16-31-25(28(37)34(18-8-9-20-35)26(31)29(33)38)24-27(36)32(17-10-15-30(24,3)39-31)21-23-13-6-5-7-14-23/h5-7,10-11,13-16,22,24-26,35H,4,8-9,12,17-21H2,1-3H3/t22?,24-,25-,26?,30+,31-/m0/s1. The van der Waals surface area contributed by atoms with Gasteiger partial charge < -0.3 is 24.5 Å². The number of aliphatic hydroxyl groups is 1. The van der Waals surface area contributed by atoms with Gasteiger partial charge in [-0.15, -0.1) is 0 Å². The third-order valence-electron chi connectivity index (χ3n) is 8.93. The van der Waals surface area contributed by atoms with Crippen molar-refractivity contribution in [3.05, 3.63) is 60.2 Å². The van der Waals surface area contributed by atoms with E-state index in [1.165, 1.54) is 0 Å². The van der Waals surface area contributed by atoms with Gasteiger partial charge in [-0.25, -0.2) is 0 Å². The summed E-state index contributed by atoms with van der Waals surface area (Å²) in [5, 5.41) is 9.40. The van der Waals surface area contributed by atoms with E-state index in [-0.39, 0.29) is 30.4 Å². The molecule has 1 spiro atoms. The molecule has 4 heterocycles. The number of hydrogen-bond acceptors (Lipinski definition) is 5. The van der Waals surface area contributed by atoms with Gasteiger partial charge in [0.05, 0.1) is 17.4 Å². The van der Waals surface area contributed by atoms with Gasteiger partial charge in [-0.1, -0.05) is 68.0 Å². The lowest BCUT2D eigenvalue weighted by molar-refractivity contribution is -0.154. The van der Waals surface area contributed by atoms with Crippen molar-refractivity contribution >= 4 is 17.7 Å². The fourth-order valence-corrected chi connectivity index (χ4v) is 7.14. The van der Waals surface area contributed by atoms with Gasteiger partial charge in [0, 0.05) is 38.8 Å². The fourth-order valence-electron chi connectivity index (χ4n) is 7.14. The first-order valence-electron chi connectivity index (χ1n) is 14.4. The highest BCUT2D eigenvalue weighted by Crippen LogP contribution is 2.57. The van der Waals surface area contributed by atoms with Gasteiger partial charge >= 0.3 is 0 Å². The van der Waals surface area contributed by atoms with Gasteiger partial charge in [0.15, 0.2) is 0 Å². The number of carbonyl (C=O) groups is 3. The minimum atomic E-state index is -1.23. The molecule has 0 aliphatic carbocycles. The molecule has 2 saturated heterocycles. The van der Waals surface area contributed by atoms with E-state index < -0.39 is 29.1 Å². The molecule has 2 unspecified atom stereocenters. The molecule has 1 aromatic carbocycles. The number of hydrogen-bond donors (Lipinski definition) is 1. The highest BCUT2D eigenvalue weighted by Gasteiger charge is 2.74. The van der Waals surface area contributed by atoms with Crippen molar-refractivity contribution in [2.75, 3.05) is 26.2 Å². The Balaban J connectivity index is 1.56. The highest BCUT2D eigenvalue weighted by molar-refractivity contribution is 6.00. The number of rotatable bonds is 9. The molecule has 6 atom stereocenters. The molecule has 3 amide bonds. The Kier molecular flexibility index (Phi) is 7.71. The third-order valence-corrected chi connectivity index (χ3v) is 8.93. The second-order valence-electron chi connectivity index (χ2n) is 11.6. The maximum atomic E-state index is 14.3. The molecule has 39 heavy (non-hydrogen) atoms. The molecule has 4 aliphatic rings. The quantitative estimate of drug-likeness (QED) is 0.388. The third kappa shape index (κ3) is 4.61. The Morgan fingerprint density at radius 1 is 1.00 bits per heavy atom. The summed E-state index contributed by atoms with van der Waals surface area (Å²) in [7, 11) is 0. The predicted molar refractivity (Wildman–Crippen MR) is 147 cm³/mol. The Hall–Kier alpha value is -2.97. The van der Waals surface area contributed by atoms with E-state index in [4.69, 9.17) is 4.74 Å². The van der Waals surface area contributed by atoms with Crippen LogP contribution in [0.4, 0.5) is 0 Å². The van der Waals surface area contributed by atoms with Gasteiger partial charge in [0.25, 0.3) is 0 Å². The molecule has 4 aliphatic heterocycles. The van der Waals surface area contributed by atoms with Crippen molar-refractivity contribution in [3.63, 3.8) is 0 Å². The topological polar surface area (TPSA) is 90.4 Å². The van der Waals surface area contributed by atoms with Crippen molar-refractivity contribution in [3.8, 4) is 0 Å². The lowest BCUT2D eigenvalue weighted by Crippen LogP contribution is -2.57. The summed E-state index contributed by atoms with van der Waals surface area (Å²) < 4.78 is 6.88. The Morgan fingerprint density at radius 2 is 1.74 bits per heavy atom. The lowest BCUT2D eigenvalue weighted by atomic mass is 9.74. The minimum Gasteiger partial charge on any atom is -0.396 e. The summed E-state index contributed by atoms with van der Waals surface area (Å²) in [5.74, 6) is -2.03. The zero-order valence-corrected chi connectivity index (χ0v) is 23.3. The summed E-state index contributed by atoms with van der Waals surface area (Å²) in [6.45, 7) is 7.69. The normalized spacial score (nSPS) is 32.7. The van der Waals surface area contributed by atoms with Crippen molar-refractivity contribution in [1.29, 1.82) is 0 Å². The molecular weight excluding hydrogens is 494 g/mol. The fraction of sp³-hybridized carbons (Fsp3) is 0.581. The monoisotopic (exact) mass is 535 g/mol.